The summed E-state index contributed by atoms with van der Waals surface area (Å²) < 4.78 is 51.2. The van der Waals surface area contributed by atoms with Crippen LogP contribution in [0.1, 0.15) is 35.0 Å². The average Bonchev–Trinajstić information content (AvgIpc) is 3.39. The number of aromatic nitrogens is 1. The molecule has 0 aliphatic carbocycles. The molecule has 0 fully saturated rings. The van der Waals surface area contributed by atoms with Gasteiger partial charge < -0.3 is 16.0 Å². The molecule has 1 aromatic heterocycles. The minimum atomic E-state index is -3.30. The number of nitrogens with two attached hydrogens (primary N) is 1. The van der Waals surface area contributed by atoms with Gasteiger partial charge in [0.1, 0.15) is 0 Å². The van der Waals surface area contributed by atoms with E-state index in [2.05, 4.69) is 16.9 Å². The van der Waals surface area contributed by atoms with Gasteiger partial charge in [0, 0.05) is 41.0 Å². The van der Waals surface area contributed by atoms with Crippen LogP contribution in [0.2, 0.25) is 0 Å². The van der Waals surface area contributed by atoms with Gasteiger partial charge in [0.05, 0.1) is 17.3 Å². The van der Waals surface area contributed by atoms with Crippen LogP contribution in [0.3, 0.4) is 0 Å². The zero-order valence-electron chi connectivity index (χ0n) is 23.5. The summed E-state index contributed by atoms with van der Waals surface area (Å²) in [5, 5.41) is 3.59. The molecule has 0 bridgehead atoms. The van der Waals surface area contributed by atoms with Crippen LogP contribution in [-0.2, 0) is 14.8 Å². The second-order valence-corrected chi connectivity index (χ2v) is 12.0. The van der Waals surface area contributed by atoms with E-state index in [0.717, 1.165) is 45.5 Å². The Balaban J connectivity index is 1.72. The van der Waals surface area contributed by atoms with Gasteiger partial charge in [0.25, 0.3) is 18.2 Å². The Hall–Kier alpha value is -4.35. The van der Waals surface area contributed by atoms with Gasteiger partial charge in [-0.15, -0.1) is 0 Å². The Morgan fingerprint density at radius 3 is 2.50 bits per heavy atom. The zero-order valence-corrected chi connectivity index (χ0v) is 24.3. The standard InChI is InChI=1S/C31H32F2N4O4S/c1-5-20(29(32)33)10-9-18(2)31(39)36-26-8-6-7-22(19(26)3)23-11-12-24(30(34)38)28-25(23)17-27(35-28)21-13-15-37(16-14-21)42(4,40)41/h5-13,17,29,35H,1,14-16H2,2-4H3,(H2,34,38)(H,36,39)/b18-9+,20-10+. The monoisotopic (exact) mass is 594 g/mol. The third-order valence-electron chi connectivity index (χ3n) is 7.29. The highest BCUT2D eigenvalue weighted by Gasteiger charge is 2.23. The van der Waals surface area contributed by atoms with E-state index in [1.165, 1.54) is 23.6 Å². The Labute approximate surface area is 243 Å². The molecule has 0 saturated carbocycles. The van der Waals surface area contributed by atoms with Gasteiger partial charge >= 0.3 is 0 Å². The number of primary amides is 1. The molecule has 8 nitrogen and oxygen atoms in total. The fourth-order valence-electron chi connectivity index (χ4n) is 4.84. The third-order valence-corrected chi connectivity index (χ3v) is 8.56. The lowest BCUT2D eigenvalue weighted by atomic mass is 9.94. The number of aromatic amines is 1. The first-order chi connectivity index (χ1) is 19.8. The summed E-state index contributed by atoms with van der Waals surface area (Å²) in [5.41, 5.74) is 11.1. The van der Waals surface area contributed by atoms with E-state index in [1.807, 2.05) is 25.1 Å². The minimum Gasteiger partial charge on any atom is -0.366 e. The van der Waals surface area contributed by atoms with Crippen LogP contribution in [0.5, 0.6) is 0 Å². The molecular formula is C31H32F2N4O4S. The maximum atomic E-state index is 13.0. The van der Waals surface area contributed by atoms with Gasteiger partial charge in [0.2, 0.25) is 10.0 Å². The number of alkyl halides is 2. The topological polar surface area (TPSA) is 125 Å². The summed E-state index contributed by atoms with van der Waals surface area (Å²) in [6.45, 7) is 7.34. The van der Waals surface area contributed by atoms with Crippen molar-refractivity contribution < 1.29 is 26.8 Å². The number of halogens is 2. The molecule has 4 N–H and O–H groups in total. The van der Waals surface area contributed by atoms with Crippen molar-refractivity contribution in [2.75, 3.05) is 24.7 Å². The first-order valence-electron chi connectivity index (χ1n) is 13.1. The molecule has 4 rings (SSSR count). The number of nitrogens with one attached hydrogen (secondary N) is 2. The predicted octanol–water partition coefficient (Wildman–Crippen LogP) is 5.55. The van der Waals surface area contributed by atoms with Gasteiger partial charge in [-0.25, -0.2) is 17.2 Å². The van der Waals surface area contributed by atoms with E-state index < -0.39 is 28.3 Å². The molecule has 3 aromatic rings. The number of hydrogen-bond donors (Lipinski definition) is 3. The van der Waals surface area contributed by atoms with Gasteiger partial charge in [-0.05, 0) is 60.7 Å². The number of benzene rings is 2. The largest absolute Gasteiger partial charge is 0.366 e. The molecule has 0 radical (unpaired) electrons. The second kappa shape index (κ2) is 12.3. The van der Waals surface area contributed by atoms with Crippen LogP contribution in [0.25, 0.3) is 27.6 Å². The van der Waals surface area contributed by atoms with Gasteiger partial charge in [-0.1, -0.05) is 49.1 Å². The number of nitrogens with zero attached hydrogens (tertiary/aromatic N) is 1. The number of anilines is 1. The highest BCUT2D eigenvalue weighted by molar-refractivity contribution is 7.88. The molecule has 42 heavy (non-hydrogen) atoms. The average molecular weight is 595 g/mol. The number of amides is 2. The zero-order chi connectivity index (χ0) is 30.8. The van der Waals surface area contributed by atoms with Crippen molar-refractivity contribution >= 4 is 44.0 Å². The second-order valence-electron chi connectivity index (χ2n) is 10.1. The summed E-state index contributed by atoms with van der Waals surface area (Å²) in [6, 6.07) is 10.8. The Morgan fingerprint density at radius 1 is 1.17 bits per heavy atom. The summed E-state index contributed by atoms with van der Waals surface area (Å²) in [4.78, 5) is 28.4. The quantitative estimate of drug-likeness (QED) is 0.222. The maximum Gasteiger partial charge on any atom is 0.263 e. The lowest BCUT2D eigenvalue weighted by Gasteiger charge is -2.23. The lowest BCUT2D eigenvalue weighted by molar-refractivity contribution is -0.112. The summed E-state index contributed by atoms with van der Waals surface area (Å²) in [6.07, 6.45) is 4.36. The van der Waals surface area contributed by atoms with E-state index in [9.17, 15) is 26.8 Å². The molecule has 0 unspecified atom stereocenters. The number of H-pyrrole nitrogens is 1. The van der Waals surface area contributed by atoms with Crippen LogP contribution >= 0.6 is 0 Å². The lowest BCUT2D eigenvalue weighted by Crippen LogP contribution is -2.33. The highest BCUT2D eigenvalue weighted by Crippen LogP contribution is 2.37. The molecule has 0 saturated heterocycles. The fourth-order valence-corrected chi connectivity index (χ4v) is 5.61. The number of sulfonamides is 1. The number of rotatable bonds is 9. The molecule has 0 atom stereocenters. The minimum absolute atomic E-state index is 0.235. The smallest absolute Gasteiger partial charge is 0.263 e. The molecule has 1 aliphatic heterocycles. The highest BCUT2D eigenvalue weighted by atomic mass is 32.2. The normalized spacial score (nSPS) is 15.1. The van der Waals surface area contributed by atoms with Crippen LogP contribution in [-0.4, -0.2) is 55.3 Å². The number of carbonyl (C=O) groups is 2. The Kier molecular flexibility index (Phi) is 8.93. The molecule has 2 aromatic carbocycles. The fraction of sp³-hybridized carbons (Fsp3) is 0.226. The molecule has 1 aliphatic rings. The van der Waals surface area contributed by atoms with Crippen molar-refractivity contribution in [3.63, 3.8) is 0 Å². The molecule has 0 spiro atoms. The maximum absolute atomic E-state index is 13.0. The van der Waals surface area contributed by atoms with E-state index in [0.29, 0.717) is 29.7 Å². The first kappa shape index (κ1) is 30.6. The molecular weight excluding hydrogens is 562 g/mol. The van der Waals surface area contributed by atoms with Crippen LogP contribution in [0.4, 0.5) is 14.5 Å². The molecule has 11 heteroatoms. The van der Waals surface area contributed by atoms with Gasteiger partial charge in [0.15, 0.2) is 0 Å². The van der Waals surface area contributed by atoms with Crippen molar-refractivity contribution in [3.05, 3.63) is 95.2 Å². The van der Waals surface area contributed by atoms with Crippen molar-refractivity contribution in [2.45, 2.75) is 26.7 Å². The van der Waals surface area contributed by atoms with E-state index >= 15 is 0 Å². The first-order valence-corrected chi connectivity index (χ1v) is 15.0. The number of hydrogen-bond acceptors (Lipinski definition) is 4. The van der Waals surface area contributed by atoms with Gasteiger partial charge in [-0.3, -0.25) is 9.59 Å². The van der Waals surface area contributed by atoms with Crippen LogP contribution in [0.15, 0.2) is 78.4 Å². The van der Waals surface area contributed by atoms with Crippen LogP contribution < -0.4 is 11.1 Å². The van der Waals surface area contributed by atoms with Crippen molar-refractivity contribution in [1.82, 2.24) is 9.29 Å². The number of allylic oxidation sites excluding steroid dienone is 4. The number of carbonyl (C=O) groups excluding carboxylic acids is 2. The Bertz CT molecular complexity index is 1790. The summed E-state index contributed by atoms with van der Waals surface area (Å²) in [7, 11) is -3.30. The van der Waals surface area contributed by atoms with Crippen molar-refractivity contribution in [3.8, 4) is 11.1 Å². The van der Waals surface area contributed by atoms with E-state index in [-0.39, 0.29) is 17.7 Å². The predicted molar refractivity (Wildman–Crippen MR) is 163 cm³/mol. The van der Waals surface area contributed by atoms with E-state index in [1.54, 1.807) is 24.3 Å². The SMILES string of the molecule is C=C/C(=C\C=C(/C)C(=O)Nc1cccc(-c2ccc(C(N)=O)c3[nH]c(C4=CCN(S(C)(=O)=O)CC4)cc23)c1C)C(F)F. The van der Waals surface area contributed by atoms with E-state index in [4.69, 9.17) is 5.73 Å². The number of fused-ring (bicyclic) bond motifs is 1. The molecule has 2 heterocycles. The molecule has 220 valence electrons. The summed E-state index contributed by atoms with van der Waals surface area (Å²) >= 11 is 0. The van der Waals surface area contributed by atoms with Crippen LogP contribution in [0, 0.1) is 6.92 Å². The van der Waals surface area contributed by atoms with Gasteiger partial charge in [-0.2, -0.15) is 4.31 Å². The molecule has 2 amide bonds. The Morgan fingerprint density at radius 2 is 1.90 bits per heavy atom. The summed E-state index contributed by atoms with van der Waals surface area (Å²) in [5.74, 6) is -1.05. The van der Waals surface area contributed by atoms with Crippen molar-refractivity contribution in [2.24, 2.45) is 5.73 Å². The van der Waals surface area contributed by atoms with Crippen molar-refractivity contribution in [1.29, 1.82) is 0 Å². The third kappa shape index (κ3) is 6.42.